The quantitative estimate of drug-likeness (QED) is 0.878. The average molecular weight is 381 g/mol. The van der Waals surface area contributed by atoms with Crippen LogP contribution >= 0.6 is 15.9 Å². The lowest BCUT2D eigenvalue weighted by Crippen LogP contribution is -2.29. The van der Waals surface area contributed by atoms with Crippen LogP contribution in [-0.2, 0) is 17.1 Å². The van der Waals surface area contributed by atoms with Gasteiger partial charge in [0, 0.05) is 17.6 Å². The Morgan fingerprint density at radius 3 is 2.57 bits per heavy atom. The van der Waals surface area contributed by atoms with Gasteiger partial charge < -0.3 is 4.57 Å². The van der Waals surface area contributed by atoms with Gasteiger partial charge in [-0.2, -0.15) is 0 Å². The molecular weight excluding hydrogens is 370 g/mol. The Morgan fingerprint density at radius 1 is 1.38 bits per heavy atom. The molecule has 1 unspecified atom stereocenters. The zero-order chi connectivity index (χ0) is 15.8. The molecule has 0 spiro atoms. The van der Waals surface area contributed by atoms with Crippen LogP contribution in [0.1, 0.15) is 18.8 Å². The van der Waals surface area contributed by atoms with Crippen LogP contribution in [0.2, 0.25) is 0 Å². The van der Waals surface area contributed by atoms with Crippen molar-refractivity contribution in [1.29, 1.82) is 0 Å². The van der Waals surface area contributed by atoms with Crippen LogP contribution in [0.3, 0.4) is 0 Å². The van der Waals surface area contributed by atoms with Gasteiger partial charge in [-0.25, -0.2) is 21.9 Å². The zero-order valence-corrected chi connectivity index (χ0v) is 13.4. The average Bonchev–Trinajstić information content (AvgIpc) is 2.72. The Labute approximate surface area is 128 Å². The zero-order valence-electron chi connectivity index (χ0n) is 11.0. The molecule has 1 N–H and O–H groups in total. The molecule has 0 saturated carbocycles. The number of benzene rings is 1. The van der Waals surface area contributed by atoms with Crippen molar-refractivity contribution in [1.82, 2.24) is 19.5 Å². The SMILES string of the molecule is CC(NS(=O)(=O)c1c(F)cc(F)cc1Br)c1nncn1C. The molecule has 21 heavy (non-hydrogen) atoms. The highest BCUT2D eigenvalue weighted by atomic mass is 79.9. The normalized spacial score (nSPS) is 13.4. The van der Waals surface area contributed by atoms with Crippen LogP contribution in [0.5, 0.6) is 0 Å². The third kappa shape index (κ3) is 3.27. The van der Waals surface area contributed by atoms with Crippen LogP contribution in [0.25, 0.3) is 0 Å². The van der Waals surface area contributed by atoms with E-state index in [0.29, 0.717) is 11.9 Å². The Bertz CT molecular complexity index is 755. The summed E-state index contributed by atoms with van der Waals surface area (Å²) >= 11 is 2.85. The first kappa shape index (κ1) is 16.0. The maximum atomic E-state index is 13.8. The third-order valence-corrected chi connectivity index (χ3v) is 5.20. The smallest absolute Gasteiger partial charge is 0.245 e. The van der Waals surface area contributed by atoms with Crippen LogP contribution in [0.15, 0.2) is 27.8 Å². The van der Waals surface area contributed by atoms with Gasteiger partial charge in [0.15, 0.2) is 0 Å². The summed E-state index contributed by atoms with van der Waals surface area (Å²) in [5.41, 5.74) is 0. The predicted molar refractivity (Wildman–Crippen MR) is 73.8 cm³/mol. The van der Waals surface area contributed by atoms with Crippen molar-refractivity contribution >= 4 is 26.0 Å². The summed E-state index contributed by atoms with van der Waals surface area (Å²) in [6.07, 6.45) is 1.41. The molecule has 1 atom stereocenters. The summed E-state index contributed by atoms with van der Waals surface area (Å²) in [6.45, 7) is 1.54. The fourth-order valence-corrected chi connectivity index (χ4v) is 4.18. The van der Waals surface area contributed by atoms with Crippen molar-refractivity contribution in [3.63, 3.8) is 0 Å². The molecule has 0 radical (unpaired) electrons. The number of nitrogens with one attached hydrogen (secondary N) is 1. The lowest BCUT2D eigenvalue weighted by Gasteiger charge is -2.14. The molecule has 10 heteroatoms. The maximum absolute atomic E-state index is 13.8. The summed E-state index contributed by atoms with van der Waals surface area (Å²) in [7, 11) is -2.55. The Kier molecular flexibility index (Phi) is 4.40. The summed E-state index contributed by atoms with van der Waals surface area (Å²) in [4.78, 5) is -0.655. The number of hydrogen-bond acceptors (Lipinski definition) is 4. The van der Waals surface area contributed by atoms with E-state index in [1.807, 2.05) is 0 Å². The number of sulfonamides is 1. The standard InChI is InChI=1S/C11H11BrF2N4O2S/c1-6(11-16-15-5-18(11)2)17-21(19,20)10-8(12)3-7(13)4-9(10)14/h3-6,17H,1-2H3. The van der Waals surface area contributed by atoms with Crippen LogP contribution in [0.4, 0.5) is 8.78 Å². The van der Waals surface area contributed by atoms with Crippen molar-refractivity contribution < 1.29 is 17.2 Å². The van der Waals surface area contributed by atoms with Gasteiger partial charge in [-0.3, -0.25) is 0 Å². The van der Waals surface area contributed by atoms with Gasteiger partial charge in [0.2, 0.25) is 10.0 Å². The van der Waals surface area contributed by atoms with Crippen LogP contribution in [0, 0.1) is 11.6 Å². The number of aromatic nitrogens is 3. The topological polar surface area (TPSA) is 76.9 Å². The molecule has 114 valence electrons. The summed E-state index contributed by atoms with van der Waals surface area (Å²) in [5, 5.41) is 7.41. The van der Waals surface area contributed by atoms with Gasteiger partial charge in [0.25, 0.3) is 0 Å². The monoisotopic (exact) mass is 380 g/mol. The van der Waals surface area contributed by atoms with E-state index < -0.39 is 32.6 Å². The molecule has 6 nitrogen and oxygen atoms in total. The van der Waals surface area contributed by atoms with Gasteiger partial charge in [-0.05, 0) is 28.9 Å². The number of rotatable bonds is 4. The lowest BCUT2D eigenvalue weighted by atomic mass is 10.3. The molecule has 0 saturated heterocycles. The Morgan fingerprint density at radius 2 is 2.05 bits per heavy atom. The van der Waals surface area contributed by atoms with Crippen LogP contribution in [-0.4, -0.2) is 23.2 Å². The van der Waals surface area contributed by atoms with Crippen molar-refractivity contribution in [3.8, 4) is 0 Å². The summed E-state index contributed by atoms with van der Waals surface area (Å²) in [6, 6.07) is 0.649. The van der Waals surface area contributed by atoms with Crippen LogP contribution < -0.4 is 4.72 Å². The highest BCUT2D eigenvalue weighted by Crippen LogP contribution is 2.27. The number of aryl methyl sites for hydroxylation is 1. The molecule has 0 amide bonds. The van der Waals surface area contributed by atoms with Crippen molar-refractivity contribution in [2.24, 2.45) is 7.05 Å². The second-order valence-corrected chi connectivity index (χ2v) is 6.85. The first-order valence-corrected chi connectivity index (χ1v) is 8.00. The van der Waals surface area contributed by atoms with E-state index in [2.05, 4.69) is 30.8 Å². The molecule has 2 rings (SSSR count). The molecule has 0 aliphatic heterocycles. The number of halogens is 3. The molecule has 1 aromatic heterocycles. The maximum Gasteiger partial charge on any atom is 0.245 e. The van der Waals surface area contributed by atoms with E-state index in [4.69, 9.17) is 0 Å². The highest BCUT2D eigenvalue weighted by molar-refractivity contribution is 9.10. The Balaban J connectivity index is 2.38. The van der Waals surface area contributed by atoms with E-state index in [-0.39, 0.29) is 4.47 Å². The summed E-state index contributed by atoms with van der Waals surface area (Å²) in [5.74, 6) is -1.70. The molecule has 0 aliphatic rings. The fraction of sp³-hybridized carbons (Fsp3) is 0.273. The largest absolute Gasteiger partial charge is 0.319 e. The Hall–Kier alpha value is -1.39. The molecule has 0 bridgehead atoms. The second-order valence-electron chi connectivity index (χ2n) is 4.34. The second kappa shape index (κ2) is 5.78. The fourth-order valence-electron chi connectivity index (χ4n) is 1.81. The summed E-state index contributed by atoms with van der Waals surface area (Å²) < 4.78 is 54.9. The van der Waals surface area contributed by atoms with Crippen molar-refractivity contribution in [3.05, 3.63) is 40.4 Å². The first-order chi connectivity index (χ1) is 9.72. The molecule has 0 aliphatic carbocycles. The van der Waals surface area contributed by atoms with Gasteiger partial charge in [-0.15, -0.1) is 10.2 Å². The van der Waals surface area contributed by atoms with E-state index >= 15 is 0 Å². The number of nitrogens with zero attached hydrogens (tertiary/aromatic N) is 3. The van der Waals surface area contributed by atoms with Crippen molar-refractivity contribution in [2.45, 2.75) is 17.9 Å². The van der Waals surface area contributed by atoms with E-state index in [1.165, 1.54) is 17.8 Å². The minimum absolute atomic E-state index is 0.197. The van der Waals surface area contributed by atoms with Gasteiger partial charge in [-0.1, -0.05) is 0 Å². The minimum Gasteiger partial charge on any atom is -0.319 e. The van der Waals surface area contributed by atoms with Crippen molar-refractivity contribution in [2.75, 3.05) is 0 Å². The molecule has 0 fully saturated rings. The third-order valence-electron chi connectivity index (χ3n) is 2.70. The first-order valence-electron chi connectivity index (χ1n) is 5.73. The highest BCUT2D eigenvalue weighted by Gasteiger charge is 2.27. The molecule has 2 aromatic rings. The lowest BCUT2D eigenvalue weighted by molar-refractivity contribution is 0.528. The van der Waals surface area contributed by atoms with Gasteiger partial charge in [0.05, 0.1) is 6.04 Å². The van der Waals surface area contributed by atoms with E-state index in [9.17, 15) is 17.2 Å². The molecule has 1 heterocycles. The molecule has 1 aromatic carbocycles. The van der Waals surface area contributed by atoms with Gasteiger partial charge >= 0.3 is 0 Å². The van der Waals surface area contributed by atoms with Gasteiger partial charge in [0.1, 0.15) is 28.7 Å². The molecular formula is C11H11BrF2N4O2S. The van der Waals surface area contributed by atoms with E-state index in [0.717, 1.165) is 6.07 Å². The predicted octanol–water partition coefficient (Wildman–Crippen LogP) is 1.90. The number of hydrogen-bond donors (Lipinski definition) is 1. The minimum atomic E-state index is -4.20. The van der Waals surface area contributed by atoms with E-state index in [1.54, 1.807) is 7.05 Å².